The van der Waals surface area contributed by atoms with E-state index in [-0.39, 0.29) is 23.3 Å². The fraction of sp³-hybridized carbons (Fsp3) is 0.263. The summed E-state index contributed by atoms with van der Waals surface area (Å²) in [5.41, 5.74) is 2.33. The summed E-state index contributed by atoms with van der Waals surface area (Å²) >= 11 is 1.25. The number of hydrogen-bond donors (Lipinski definition) is 3. The van der Waals surface area contributed by atoms with Gasteiger partial charge in [-0.05, 0) is 31.2 Å². The number of nitriles is 1. The van der Waals surface area contributed by atoms with Gasteiger partial charge in [0.15, 0.2) is 0 Å². The zero-order valence-corrected chi connectivity index (χ0v) is 15.8. The van der Waals surface area contributed by atoms with E-state index in [2.05, 4.69) is 27.0 Å². The van der Waals surface area contributed by atoms with Crippen molar-refractivity contribution in [3.8, 4) is 6.07 Å². The smallest absolute Gasteiger partial charge is 0.234 e. The Bertz CT molecular complexity index is 818. The Balaban J connectivity index is 1.58. The van der Waals surface area contributed by atoms with Crippen LogP contribution in [-0.2, 0) is 9.59 Å². The van der Waals surface area contributed by atoms with E-state index in [1.54, 1.807) is 18.3 Å². The van der Waals surface area contributed by atoms with E-state index in [1.807, 2.05) is 31.2 Å². The first-order chi connectivity index (χ1) is 13.1. The summed E-state index contributed by atoms with van der Waals surface area (Å²) in [6.07, 6.45) is 1.60. The molecule has 1 aromatic carbocycles. The quantitative estimate of drug-likeness (QED) is 0.573. The lowest BCUT2D eigenvalue weighted by Gasteiger charge is -2.08. The molecule has 2 rings (SSSR count). The Morgan fingerprint density at radius 1 is 1.11 bits per heavy atom. The number of thioether (sulfide) groups is 1. The summed E-state index contributed by atoms with van der Waals surface area (Å²) in [4.78, 5) is 27.7. The van der Waals surface area contributed by atoms with Gasteiger partial charge in [0.25, 0.3) is 0 Å². The number of benzene rings is 1. The lowest BCUT2D eigenvalue weighted by molar-refractivity contribution is -0.118. The van der Waals surface area contributed by atoms with Crippen LogP contribution in [0.2, 0.25) is 0 Å². The molecule has 3 N–H and O–H groups in total. The Kier molecular flexibility index (Phi) is 8.13. The Hall–Kier alpha value is -3.05. The number of nitrogens with zero attached hydrogens (tertiary/aromatic N) is 2. The molecule has 2 amide bonds. The number of aromatic nitrogens is 1. The van der Waals surface area contributed by atoms with E-state index in [0.717, 1.165) is 11.3 Å². The summed E-state index contributed by atoms with van der Waals surface area (Å²) in [6, 6.07) is 13.0. The molecule has 0 saturated heterocycles. The zero-order valence-electron chi connectivity index (χ0n) is 15.0. The second-order valence-corrected chi connectivity index (χ2v) is 6.68. The Morgan fingerprint density at radius 2 is 1.85 bits per heavy atom. The van der Waals surface area contributed by atoms with Gasteiger partial charge in [0, 0.05) is 25.0 Å². The predicted octanol–water partition coefficient (Wildman–Crippen LogP) is 2.16. The average molecular weight is 383 g/mol. The number of pyridine rings is 1. The highest BCUT2D eigenvalue weighted by atomic mass is 32.2. The number of carbonyl (C=O) groups excluding carboxylic acids is 2. The minimum atomic E-state index is -0.147. The van der Waals surface area contributed by atoms with Crippen molar-refractivity contribution in [2.24, 2.45) is 0 Å². The summed E-state index contributed by atoms with van der Waals surface area (Å²) in [5, 5.41) is 17.5. The van der Waals surface area contributed by atoms with Crippen molar-refractivity contribution >= 4 is 35.1 Å². The molecule has 1 heterocycles. The van der Waals surface area contributed by atoms with Gasteiger partial charge in [-0.15, -0.1) is 11.8 Å². The molecule has 8 heteroatoms. The third kappa shape index (κ3) is 7.38. The van der Waals surface area contributed by atoms with Crippen LogP contribution in [0.25, 0.3) is 0 Å². The van der Waals surface area contributed by atoms with Crippen LogP contribution in [0.1, 0.15) is 11.1 Å². The lowest BCUT2D eigenvalue weighted by atomic mass is 10.2. The number of hydrogen-bond acceptors (Lipinski definition) is 6. The highest BCUT2D eigenvalue weighted by Gasteiger charge is 2.06. The molecule has 0 aliphatic rings. The first-order valence-electron chi connectivity index (χ1n) is 8.38. The molecule has 7 nitrogen and oxygen atoms in total. The van der Waals surface area contributed by atoms with Gasteiger partial charge in [-0.3, -0.25) is 9.59 Å². The lowest BCUT2D eigenvalue weighted by Crippen LogP contribution is -2.30. The summed E-state index contributed by atoms with van der Waals surface area (Å²) in [5.74, 6) is 0.619. The monoisotopic (exact) mass is 383 g/mol. The molecule has 140 valence electrons. The van der Waals surface area contributed by atoms with E-state index in [1.165, 1.54) is 11.8 Å². The molecule has 0 aliphatic carbocycles. The standard InChI is InChI=1S/C19H21N5O2S/c1-14-4-6-16(7-5-14)24-18(26)13-27-12-17(25)21-9-10-23-19-15(11-20)3-2-8-22-19/h2-8H,9-10,12-13H2,1H3,(H,21,25)(H,22,23)(H,24,26). The molecule has 1 aromatic heterocycles. The zero-order chi connectivity index (χ0) is 19.5. The summed E-state index contributed by atoms with van der Waals surface area (Å²) in [6.45, 7) is 2.83. The van der Waals surface area contributed by atoms with Gasteiger partial charge in [0.05, 0.1) is 17.1 Å². The van der Waals surface area contributed by atoms with Gasteiger partial charge in [0.1, 0.15) is 11.9 Å². The molecule has 0 radical (unpaired) electrons. The van der Waals surface area contributed by atoms with Crippen LogP contribution in [0.15, 0.2) is 42.6 Å². The van der Waals surface area contributed by atoms with Crippen molar-refractivity contribution in [3.05, 3.63) is 53.7 Å². The van der Waals surface area contributed by atoms with Crippen LogP contribution in [-0.4, -0.2) is 41.4 Å². The van der Waals surface area contributed by atoms with Crippen LogP contribution >= 0.6 is 11.8 Å². The minimum absolute atomic E-state index is 0.141. The van der Waals surface area contributed by atoms with Crippen LogP contribution in [0.3, 0.4) is 0 Å². The van der Waals surface area contributed by atoms with Crippen molar-refractivity contribution < 1.29 is 9.59 Å². The Morgan fingerprint density at radius 3 is 2.59 bits per heavy atom. The maximum absolute atomic E-state index is 11.8. The maximum Gasteiger partial charge on any atom is 0.234 e. The molecule has 0 bridgehead atoms. The van der Waals surface area contributed by atoms with Crippen LogP contribution < -0.4 is 16.0 Å². The van der Waals surface area contributed by atoms with E-state index in [9.17, 15) is 9.59 Å². The van der Waals surface area contributed by atoms with Gasteiger partial charge in [-0.2, -0.15) is 5.26 Å². The number of aryl methyl sites for hydroxylation is 1. The van der Waals surface area contributed by atoms with Gasteiger partial charge >= 0.3 is 0 Å². The first-order valence-corrected chi connectivity index (χ1v) is 9.54. The van der Waals surface area contributed by atoms with Crippen molar-refractivity contribution in [2.45, 2.75) is 6.92 Å². The van der Waals surface area contributed by atoms with E-state index >= 15 is 0 Å². The van der Waals surface area contributed by atoms with Crippen molar-refractivity contribution in [1.29, 1.82) is 5.26 Å². The molecule has 0 aliphatic heterocycles. The highest BCUT2D eigenvalue weighted by Crippen LogP contribution is 2.10. The molecule has 0 saturated carbocycles. The van der Waals surface area contributed by atoms with Gasteiger partial charge < -0.3 is 16.0 Å². The van der Waals surface area contributed by atoms with Gasteiger partial charge in [-0.25, -0.2) is 4.98 Å². The average Bonchev–Trinajstić information content (AvgIpc) is 2.67. The van der Waals surface area contributed by atoms with Gasteiger partial charge in [-0.1, -0.05) is 17.7 Å². The number of amides is 2. The molecular formula is C19H21N5O2S. The maximum atomic E-state index is 11.8. The van der Waals surface area contributed by atoms with Crippen LogP contribution in [0.4, 0.5) is 11.5 Å². The van der Waals surface area contributed by atoms with E-state index in [0.29, 0.717) is 24.5 Å². The largest absolute Gasteiger partial charge is 0.367 e. The van der Waals surface area contributed by atoms with Crippen LogP contribution in [0.5, 0.6) is 0 Å². The predicted molar refractivity (Wildman–Crippen MR) is 108 cm³/mol. The molecule has 0 fully saturated rings. The third-order valence-electron chi connectivity index (χ3n) is 3.47. The summed E-state index contributed by atoms with van der Waals surface area (Å²) in [7, 11) is 0. The topological polar surface area (TPSA) is 107 Å². The van der Waals surface area contributed by atoms with Crippen molar-refractivity contribution in [3.63, 3.8) is 0 Å². The summed E-state index contributed by atoms with van der Waals surface area (Å²) < 4.78 is 0. The Labute approximate surface area is 162 Å². The van der Waals surface area contributed by atoms with Gasteiger partial charge in [0.2, 0.25) is 11.8 Å². The van der Waals surface area contributed by atoms with Crippen LogP contribution in [0, 0.1) is 18.3 Å². The van der Waals surface area contributed by atoms with Crippen molar-refractivity contribution in [2.75, 3.05) is 35.2 Å². The first kappa shape index (κ1) is 20.3. The molecule has 0 atom stereocenters. The number of carbonyl (C=O) groups is 2. The fourth-order valence-electron chi connectivity index (χ4n) is 2.14. The number of rotatable bonds is 9. The highest BCUT2D eigenvalue weighted by molar-refractivity contribution is 8.00. The molecular weight excluding hydrogens is 362 g/mol. The number of nitrogens with one attached hydrogen (secondary N) is 3. The van der Waals surface area contributed by atoms with E-state index < -0.39 is 0 Å². The molecule has 0 unspecified atom stereocenters. The fourth-order valence-corrected chi connectivity index (χ4v) is 2.79. The normalized spacial score (nSPS) is 9.93. The second kappa shape index (κ2) is 10.8. The SMILES string of the molecule is Cc1ccc(NC(=O)CSCC(=O)NCCNc2ncccc2C#N)cc1. The van der Waals surface area contributed by atoms with Crippen molar-refractivity contribution in [1.82, 2.24) is 10.3 Å². The minimum Gasteiger partial charge on any atom is -0.367 e. The molecule has 27 heavy (non-hydrogen) atoms. The number of anilines is 2. The molecule has 2 aromatic rings. The second-order valence-electron chi connectivity index (χ2n) is 5.70. The third-order valence-corrected chi connectivity index (χ3v) is 4.40. The molecule has 0 spiro atoms. The van der Waals surface area contributed by atoms with E-state index in [4.69, 9.17) is 5.26 Å².